The van der Waals surface area contributed by atoms with Gasteiger partial charge in [0.05, 0.1) is 7.11 Å². The lowest BCUT2D eigenvalue weighted by molar-refractivity contribution is -0.140. The Morgan fingerprint density at radius 2 is 2.31 bits per heavy atom. The Balaban J connectivity index is 2.15. The fourth-order valence-corrected chi connectivity index (χ4v) is 1.11. The van der Waals surface area contributed by atoms with Crippen molar-refractivity contribution in [3.8, 4) is 0 Å². The number of esters is 1. The standard InChI is InChI=1S/C10H15NO5/c1-14-9(12)3-2-4-11-10(13)8-7-15-5-6-16-8/h7H,2-6H2,1H3,(H,11,13). The third-order valence-electron chi connectivity index (χ3n) is 1.94. The first-order chi connectivity index (χ1) is 7.74. The van der Waals surface area contributed by atoms with Crippen LogP contribution in [0.2, 0.25) is 0 Å². The molecule has 1 rings (SSSR count). The van der Waals surface area contributed by atoms with Crippen molar-refractivity contribution in [2.45, 2.75) is 12.8 Å². The van der Waals surface area contributed by atoms with Crippen LogP contribution in [0, 0.1) is 0 Å². The van der Waals surface area contributed by atoms with Crippen LogP contribution in [0.3, 0.4) is 0 Å². The summed E-state index contributed by atoms with van der Waals surface area (Å²) in [6, 6.07) is 0. The third kappa shape index (κ3) is 4.20. The Morgan fingerprint density at radius 3 is 2.94 bits per heavy atom. The lowest BCUT2D eigenvalue weighted by Gasteiger charge is -2.14. The Hall–Kier alpha value is -1.72. The zero-order chi connectivity index (χ0) is 11.8. The Labute approximate surface area is 93.5 Å². The van der Waals surface area contributed by atoms with Gasteiger partial charge in [-0.3, -0.25) is 9.59 Å². The highest BCUT2D eigenvalue weighted by Gasteiger charge is 2.14. The van der Waals surface area contributed by atoms with Crippen LogP contribution in [0.25, 0.3) is 0 Å². The number of rotatable bonds is 5. The maximum Gasteiger partial charge on any atom is 0.305 e. The second-order valence-electron chi connectivity index (χ2n) is 3.14. The molecule has 0 bridgehead atoms. The van der Waals surface area contributed by atoms with Gasteiger partial charge in [-0.2, -0.15) is 0 Å². The molecule has 0 aromatic heterocycles. The molecular formula is C10H15NO5. The molecule has 1 N–H and O–H groups in total. The third-order valence-corrected chi connectivity index (χ3v) is 1.94. The van der Waals surface area contributed by atoms with E-state index in [9.17, 15) is 9.59 Å². The second-order valence-corrected chi connectivity index (χ2v) is 3.14. The molecule has 90 valence electrons. The van der Waals surface area contributed by atoms with Gasteiger partial charge in [0.1, 0.15) is 19.5 Å². The van der Waals surface area contributed by atoms with E-state index in [1.807, 2.05) is 0 Å². The fourth-order valence-electron chi connectivity index (χ4n) is 1.11. The Bertz CT molecular complexity index is 287. The van der Waals surface area contributed by atoms with Gasteiger partial charge >= 0.3 is 5.97 Å². The van der Waals surface area contributed by atoms with Gasteiger partial charge in [0.2, 0.25) is 5.76 Å². The molecule has 6 nitrogen and oxygen atoms in total. The predicted molar refractivity (Wildman–Crippen MR) is 54.2 cm³/mol. The molecule has 0 fully saturated rings. The van der Waals surface area contributed by atoms with Crippen molar-refractivity contribution in [2.24, 2.45) is 0 Å². The highest BCUT2D eigenvalue weighted by Crippen LogP contribution is 2.03. The Morgan fingerprint density at radius 1 is 1.50 bits per heavy atom. The number of methoxy groups -OCH3 is 1. The molecule has 0 saturated heterocycles. The molecular weight excluding hydrogens is 214 g/mol. The van der Waals surface area contributed by atoms with Crippen LogP contribution < -0.4 is 5.32 Å². The van der Waals surface area contributed by atoms with Gasteiger partial charge in [-0.05, 0) is 6.42 Å². The molecule has 1 amide bonds. The van der Waals surface area contributed by atoms with Crippen molar-refractivity contribution >= 4 is 11.9 Å². The van der Waals surface area contributed by atoms with E-state index >= 15 is 0 Å². The summed E-state index contributed by atoms with van der Waals surface area (Å²) in [5.74, 6) is -0.445. The van der Waals surface area contributed by atoms with Crippen LogP contribution in [0.4, 0.5) is 0 Å². The van der Waals surface area contributed by atoms with Gasteiger partial charge in [-0.15, -0.1) is 0 Å². The monoisotopic (exact) mass is 229 g/mol. The lowest BCUT2D eigenvalue weighted by atomic mass is 10.3. The van der Waals surface area contributed by atoms with E-state index in [4.69, 9.17) is 9.47 Å². The number of nitrogens with one attached hydrogen (secondary N) is 1. The first-order valence-corrected chi connectivity index (χ1v) is 5.03. The van der Waals surface area contributed by atoms with Crippen molar-refractivity contribution in [3.05, 3.63) is 12.0 Å². The van der Waals surface area contributed by atoms with Gasteiger partial charge in [0, 0.05) is 13.0 Å². The van der Waals surface area contributed by atoms with E-state index in [1.54, 1.807) is 0 Å². The lowest BCUT2D eigenvalue weighted by Crippen LogP contribution is -2.29. The maximum atomic E-state index is 11.4. The number of hydrogen-bond acceptors (Lipinski definition) is 5. The van der Waals surface area contributed by atoms with Crippen LogP contribution in [0.15, 0.2) is 12.0 Å². The summed E-state index contributed by atoms with van der Waals surface area (Å²) >= 11 is 0. The van der Waals surface area contributed by atoms with Crippen molar-refractivity contribution < 1.29 is 23.8 Å². The van der Waals surface area contributed by atoms with Gasteiger partial charge in [-0.25, -0.2) is 0 Å². The smallest absolute Gasteiger partial charge is 0.305 e. The van der Waals surface area contributed by atoms with E-state index in [-0.39, 0.29) is 24.1 Å². The van der Waals surface area contributed by atoms with Crippen LogP contribution >= 0.6 is 0 Å². The molecule has 0 atom stereocenters. The number of carbonyl (C=O) groups is 2. The van der Waals surface area contributed by atoms with E-state index in [0.717, 1.165) is 0 Å². The van der Waals surface area contributed by atoms with Crippen LogP contribution in [-0.4, -0.2) is 38.7 Å². The molecule has 16 heavy (non-hydrogen) atoms. The normalized spacial score (nSPS) is 14.2. The summed E-state index contributed by atoms with van der Waals surface area (Å²) in [7, 11) is 1.33. The topological polar surface area (TPSA) is 73.9 Å². The molecule has 0 aliphatic carbocycles. The van der Waals surface area contributed by atoms with E-state index in [0.29, 0.717) is 26.2 Å². The average molecular weight is 229 g/mol. The number of hydrogen-bond donors (Lipinski definition) is 1. The minimum Gasteiger partial charge on any atom is -0.494 e. The second kappa shape index (κ2) is 6.71. The zero-order valence-corrected chi connectivity index (χ0v) is 9.15. The Kier molecular flexibility index (Phi) is 5.18. The first-order valence-electron chi connectivity index (χ1n) is 5.03. The number of carbonyl (C=O) groups excluding carboxylic acids is 2. The van der Waals surface area contributed by atoms with Gasteiger partial charge in [-0.1, -0.05) is 0 Å². The summed E-state index contributed by atoms with van der Waals surface area (Å²) in [5.41, 5.74) is 0. The predicted octanol–water partition coefficient (Wildman–Crippen LogP) is -0.0560. The molecule has 0 aromatic carbocycles. The molecule has 1 heterocycles. The van der Waals surface area contributed by atoms with Crippen molar-refractivity contribution in [1.82, 2.24) is 5.32 Å². The molecule has 0 saturated carbocycles. The largest absolute Gasteiger partial charge is 0.494 e. The molecule has 0 aromatic rings. The summed E-state index contributed by atoms with van der Waals surface area (Å²) in [5, 5.41) is 2.61. The fraction of sp³-hybridized carbons (Fsp3) is 0.600. The van der Waals surface area contributed by atoms with Crippen molar-refractivity contribution in [3.63, 3.8) is 0 Å². The molecule has 0 unspecified atom stereocenters. The van der Waals surface area contributed by atoms with E-state index in [1.165, 1.54) is 13.4 Å². The highest BCUT2D eigenvalue weighted by molar-refractivity contribution is 5.91. The van der Waals surface area contributed by atoms with Gasteiger partial charge in [0.25, 0.3) is 5.91 Å². The minimum absolute atomic E-state index is 0.171. The van der Waals surface area contributed by atoms with E-state index in [2.05, 4.69) is 10.1 Å². The maximum absolute atomic E-state index is 11.4. The molecule has 0 spiro atoms. The molecule has 0 radical (unpaired) electrons. The molecule has 6 heteroatoms. The number of amides is 1. The van der Waals surface area contributed by atoms with Crippen LogP contribution in [0.1, 0.15) is 12.8 Å². The summed E-state index contributed by atoms with van der Waals surface area (Å²) in [6.07, 6.45) is 2.11. The van der Waals surface area contributed by atoms with Crippen LogP contribution in [0.5, 0.6) is 0 Å². The quantitative estimate of drug-likeness (QED) is 0.528. The van der Waals surface area contributed by atoms with Crippen molar-refractivity contribution in [2.75, 3.05) is 26.9 Å². The zero-order valence-electron chi connectivity index (χ0n) is 9.15. The van der Waals surface area contributed by atoms with Gasteiger partial charge in [0.15, 0.2) is 0 Å². The summed E-state index contributed by atoms with van der Waals surface area (Å²) < 4.78 is 14.5. The first kappa shape index (κ1) is 12.4. The number of ether oxygens (including phenoxy) is 3. The van der Waals surface area contributed by atoms with Crippen molar-refractivity contribution in [1.29, 1.82) is 0 Å². The average Bonchev–Trinajstić information content (AvgIpc) is 2.35. The molecule has 1 aliphatic heterocycles. The van der Waals surface area contributed by atoms with Crippen LogP contribution in [-0.2, 0) is 23.8 Å². The molecule has 1 aliphatic rings. The minimum atomic E-state index is -0.329. The highest BCUT2D eigenvalue weighted by atomic mass is 16.6. The van der Waals surface area contributed by atoms with Gasteiger partial charge < -0.3 is 19.5 Å². The summed E-state index contributed by atoms with van der Waals surface area (Å²) in [4.78, 5) is 22.2. The van der Waals surface area contributed by atoms with E-state index < -0.39 is 0 Å². The summed E-state index contributed by atoms with van der Waals surface area (Å²) in [6.45, 7) is 1.23. The SMILES string of the molecule is COC(=O)CCCNC(=O)C1=COCCO1.